The number of rotatable bonds is 9. The molecule has 0 fully saturated rings. The van der Waals surface area contributed by atoms with E-state index in [0.717, 1.165) is 25.2 Å². The molecule has 1 aromatic carbocycles. The number of ether oxygens (including phenoxy) is 1. The SMILES string of the molecule is CCCCn1nnnc1CSc1nnc(-c2ccc(OC(F)F)cc2)o1. The minimum atomic E-state index is -2.86. The average Bonchev–Trinajstić information content (AvgIpc) is 3.27. The summed E-state index contributed by atoms with van der Waals surface area (Å²) in [6.07, 6.45) is 2.05. The van der Waals surface area contributed by atoms with Gasteiger partial charge in [0.05, 0.1) is 5.75 Å². The molecule has 11 heteroatoms. The minimum Gasteiger partial charge on any atom is -0.435 e. The van der Waals surface area contributed by atoms with Crippen LogP contribution in [0.1, 0.15) is 25.6 Å². The van der Waals surface area contributed by atoms with Gasteiger partial charge in [-0.15, -0.1) is 15.3 Å². The zero-order valence-corrected chi connectivity index (χ0v) is 14.7. The van der Waals surface area contributed by atoms with E-state index in [1.54, 1.807) is 16.8 Å². The first kappa shape index (κ1) is 18.2. The number of benzene rings is 1. The van der Waals surface area contributed by atoms with E-state index in [0.29, 0.717) is 22.4 Å². The smallest absolute Gasteiger partial charge is 0.387 e. The highest BCUT2D eigenvalue weighted by Gasteiger charge is 2.13. The van der Waals surface area contributed by atoms with E-state index in [-0.39, 0.29) is 5.75 Å². The van der Waals surface area contributed by atoms with Crippen LogP contribution in [-0.4, -0.2) is 37.0 Å². The van der Waals surface area contributed by atoms with Gasteiger partial charge in [-0.3, -0.25) is 0 Å². The molecule has 2 aromatic heterocycles. The fourth-order valence-corrected chi connectivity index (χ4v) is 2.79. The summed E-state index contributed by atoms with van der Waals surface area (Å²) in [7, 11) is 0. The molecule has 0 bridgehead atoms. The third kappa shape index (κ3) is 4.75. The Morgan fingerprint density at radius 2 is 2.00 bits per heavy atom. The molecule has 0 unspecified atom stereocenters. The Balaban J connectivity index is 1.60. The van der Waals surface area contributed by atoms with Crippen molar-refractivity contribution < 1.29 is 17.9 Å². The van der Waals surface area contributed by atoms with Crippen molar-refractivity contribution >= 4 is 11.8 Å². The van der Waals surface area contributed by atoms with E-state index < -0.39 is 6.61 Å². The number of alkyl halides is 2. The zero-order chi connectivity index (χ0) is 18.4. The van der Waals surface area contributed by atoms with Gasteiger partial charge in [0, 0.05) is 12.1 Å². The van der Waals surface area contributed by atoms with Crippen molar-refractivity contribution in [2.75, 3.05) is 0 Å². The number of hydrogen-bond acceptors (Lipinski definition) is 8. The second kappa shape index (κ2) is 8.70. The van der Waals surface area contributed by atoms with Crippen molar-refractivity contribution in [3.8, 4) is 17.2 Å². The molecule has 0 amide bonds. The van der Waals surface area contributed by atoms with Crippen molar-refractivity contribution in [2.24, 2.45) is 0 Å². The Hall–Kier alpha value is -2.56. The van der Waals surface area contributed by atoms with Gasteiger partial charge in [-0.05, 0) is 41.1 Å². The molecule has 26 heavy (non-hydrogen) atoms. The molecular formula is C15H16F2N6O2S. The summed E-state index contributed by atoms with van der Waals surface area (Å²) in [5.41, 5.74) is 0.610. The van der Waals surface area contributed by atoms with Gasteiger partial charge >= 0.3 is 6.61 Å². The summed E-state index contributed by atoms with van der Waals surface area (Å²) in [6, 6.07) is 5.98. The van der Waals surface area contributed by atoms with Crippen molar-refractivity contribution in [3.63, 3.8) is 0 Å². The van der Waals surface area contributed by atoms with Crippen LogP contribution in [0.25, 0.3) is 11.5 Å². The average molecular weight is 382 g/mol. The summed E-state index contributed by atoms with van der Waals surface area (Å²) in [5.74, 6) is 1.59. The summed E-state index contributed by atoms with van der Waals surface area (Å²) >= 11 is 1.33. The van der Waals surface area contributed by atoms with Crippen LogP contribution < -0.4 is 4.74 Å². The van der Waals surface area contributed by atoms with E-state index in [9.17, 15) is 8.78 Å². The molecule has 0 radical (unpaired) electrons. The fourth-order valence-electron chi connectivity index (χ4n) is 2.10. The van der Waals surface area contributed by atoms with Crippen molar-refractivity contribution in [1.29, 1.82) is 0 Å². The predicted octanol–water partition coefficient (Wildman–Crippen LogP) is 3.42. The number of unbranched alkanes of at least 4 members (excludes halogenated alkanes) is 1. The minimum absolute atomic E-state index is 0.0665. The number of tetrazole rings is 1. The first-order valence-electron chi connectivity index (χ1n) is 7.92. The van der Waals surface area contributed by atoms with Crippen LogP contribution >= 0.6 is 11.8 Å². The lowest BCUT2D eigenvalue weighted by molar-refractivity contribution is -0.0498. The monoisotopic (exact) mass is 382 g/mol. The summed E-state index contributed by atoms with van der Waals surface area (Å²) in [4.78, 5) is 0. The number of thioether (sulfide) groups is 1. The first-order valence-corrected chi connectivity index (χ1v) is 8.91. The molecule has 138 valence electrons. The van der Waals surface area contributed by atoms with E-state index in [2.05, 4.69) is 37.4 Å². The quantitative estimate of drug-likeness (QED) is 0.520. The highest BCUT2D eigenvalue weighted by molar-refractivity contribution is 7.98. The number of hydrogen-bond donors (Lipinski definition) is 0. The molecule has 0 saturated heterocycles. The van der Waals surface area contributed by atoms with Crippen molar-refractivity contribution in [2.45, 2.75) is 43.9 Å². The largest absolute Gasteiger partial charge is 0.435 e. The topological polar surface area (TPSA) is 91.8 Å². The summed E-state index contributed by atoms with van der Waals surface area (Å²) in [6.45, 7) is 0.00741. The third-order valence-electron chi connectivity index (χ3n) is 3.39. The van der Waals surface area contributed by atoms with Gasteiger partial charge in [0.15, 0.2) is 5.82 Å². The molecule has 0 aliphatic carbocycles. The van der Waals surface area contributed by atoms with Gasteiger partial charge in [-0.2, -0.15) is 8.78 Å². The second-order valence-electron chi connectivity index (χ2n) is 5.24. The third-order valence-corrected chi connectivity index (χ3v) is 4.20. The molecule has 8 nitrogen and oxygen atoms in total. The Bertz CT molecular complexity index is 824. The second-order valence-corrected chi connectivity index (χ2v) is 6.16. The number of nitrogens with zero attached hydrogens (tertiary/aromatic N) is 6. The van der Waals surface area contributed by atoms with Gasteiger partial charge in [0.1, 0.15) is 5.75 Å². The highest BCUT2D eigenvalue weighted by atomic mass is 32.2. The Kier molecular flexibility index (Phi) is 6.10. The summed E-state index contributed by atoms with van der Waals surface area (Å²) < 4.78 is 36.0. The van der Waals surface area contributed by atoms with E-state index >= 15 is 0 Å². The van der Waals surface area contributed by atoms with Crippen LogP contribution in [0.4, 0.5) is 8.78 Å². The van der Waals surface area contributed by atoms with E-state index in [1.807, 2.05) is 0 Å². The van der Waals surface area contributed by atoms with Crippen molar-refractivity contribution in [3.05, 3.63) is 30.1 Å². The Labute approximate surface area is 151 Å². The lowest BCUT2D eigenvalue weighted by Crippen LogP contribution is -2.04. The van der Waals surface area contributed by atoms with Gasteiger partial charge < -0.3 is 9.15 Å². The first-order chi connectivity index (χ1) is 12.7. The van der Waals surface area contributed by atoms with Crippen LogP contribution in [0.15, 0.2) is 33.9 Å². The number of halogens is 2. The zero-order valence-electron chi connectivity index (χ0n) is 13.9. The number of aromatic nitrogens is 6. The lowest BCUT2D eigenvalue weighted by Gasteiger charge is -2.03. The van der Waals surface area contributed by atoms with E-state index in [4.69, 9.17) is 4.42 Å². The molecule has 3 rings (SSSR count). The molecule has 0 atom stereocenters. The highest BCUT2D eigenvalue weighted by Crippen LogP contribution is 2.26. The normalized spacial score (nSPS) is 11.2. The van der Waals surface area contributed by atoms with Gasteiger partial charge in [0.2, 0.25) is 5.89 Å². The molecule has 0 saturated carbocycles. The van der Waals surface area contributed by atoms with Crippen LogP contribution in [0.3, 0.4) is 0 Å². The van der Waals surface area contributed by atoms with Crippen LogP contribution in [0.5, 0.6) is 5.75 Å². The molecule has 0 aliphatic rings. The lowest BCUT2D eigenvalue weighted by atomic mass is 10.2. The van der Waals surface area contributed by atoms with Crippen molar-refractivity contribution in [1.82, 2.24) is 30.4 Å². The van der Waals surface area contributed by atoms with Gasteiger partial charge in [-0.25, -0.2) is 4.68 Å². The standard InChI is InChI=1S/C15H16F2N6O2S/c1-2-3-8-23-12(18-21-22-23)9-26-15-20-19-13(25-15)10-4-6-11(7-5-10)24-14(16)17/h4-7,14H,2-3,8-9H2,1H3. The van der Waals surface area contributed by atoms with Crippen LogP contribution in [-0.2, 0) is 12.3 Å². The molecular weight excluding hydrogens is 366 g/mol. The van der Waals surface area contributed by atoms with Crippen LogP contribution in [0.2, 0.25) is 0 Å². The molecule has 0 spiro atoms. The maximum absolute atomic E-state index is 12.2. The molecule has 2 heterocycles. The maximum atomic E-state index is 12.2. The van der Waals surface area contributed by atoms with Gasteiger partial charge in [0.25, 0.3) is 5.22 Å². The maximum Gasteiger partial charge on any atom is 0.387 e. The Morgan fingerprint density at radius 3 is 2.73 bits per heavy atom. The molecule has 0 N–H and O–H groups in total. The summed E-state index contributed by atoms with van der Waals surface area (Å²) in [5, 5.41) is 20.0. The number of aryl methyl sites for hydroxylation is 1. The predicted molar refractivity (Wildman–Crippen MR) is 88.7 cm³/mol. The molecule has 3 aromatic rings. The van der Waals surface area contributed by atoms with Crippen LogP contribution in [0, 0.1) is 0 Å². The van der Waals surface area contributed by atoms with E-state index in [1.165, 1.54) is 23.9 Å². The Morgan fingerprint density at radius 1 is 1.19 bits per heavy atom. The fraction of sp³-hybridized carbons (Fsp3) is 0.400. The molecule has 0 aliphatic heterocycles. The van der Waals surface area contributed by atoms with Gasteiger partial charge in [-0.1, -0.05) is 25.1 Å².